The highest BCUT2D eigenvalue weighted by Gasteiger charge is 1.96. The van der Waals surface area contributed by atoms with E-state index in [-0.39, 0.29) is 5.76 Å². The van der Waals surface area contributed by atoms with Gasteiger partial charge in [-0.1, -0.05) is 25.3 Å². The molecule has 0 bridgehead atoms. The van der Waals surface area contributed by atoms with Crippen molar-refractivity contribution in [1.82, 2.24) is 4.98 Å². The van der Waals surface area contributed by atoms with Gasteiger partial charge in [0.2, 0.25) is 0 Å². The summed E-state index contributed by atoms with van der Waals surface area (Å²) in [6.07, 6.45) is 6.59. The van der Waals surface area contributed by atoms with E-state index in [1.54, 1.807) is 24.5 Å². The summed E-state index contributed by atoms with van der Waals surface area (Å²) in [6.45, 7) is 7.02. The van der Waals surface area contributed by atoms with Gasteiger partial charge in [0.25, 0.3) is 0 Å². The molecule has 2 nitrogen and oxygen atoms in total. The molecule has 1 rings (SSSR count). The zero-order valence-corrected chi connectivity index (χ0v) is 7.27. The van der Waals surface area contributed by atoms with Gasteiger partial charge in [-0.25, -0.2) is 0 Å². The van der Waals surface area contributed by atoms with Crippen molar-refractivity contribution in [3.05, 3.63) is 61.2 Å². The number of rotatable bonds is 3. The van der Waals surface area contributed by atoms with Crippen molar-refractivity contribution in [3.8, 4) is 0 Å². The van der Waals surface area contributed by atoms with Crippen molar-refractivity contribution >= 4 is 5.57 Å². The van der Waals surface area contributed by atoms with Crippen molar-refractivity contribution in [1.29, 1.82) is 0 Å². The van der Waals surface area contributed by atoms with Crippen molar-refractivity contribution in [2.24, 2.45) is 0 Å². The predicted molar refractivity (Wildman–Crippen MR) is 54.2 cm³/mol. The summed E-state index contributed by atoms with van der Waals surface area (Å²) < 4.78 is 0. The first-order valence-electron chi connectivity index (χ1n) is 3.86. The number of nitrogens with zero attached hydrogens (tertiary/aromatic N) is 1. The Morgan fingerprint density at radius 3 is 2.77 bits per heavy atom. The van der Waals surface area contributed by atoms with Crippen LogP contribution in [0.4, 0.5) is 0 Å². The molecule has 0 aliphatic heterocycles. The summed E-state index contributed by atoms with van der Waals surface area (Å²) in [5, 5.41) is 8.98. The Morgan fingerprint density at radius 2 is 2.31 bits per heavy atom. The highest BCUT2D eigenvalue weighted by molar-refractivity contribution is 5.74. The third-order valence-corrected chi connectivity index (χ3v) is 1.54. The Labute approximate surface area is 77.6 Å². The largest absolute Gasteiger partial charge is 0.509 e. The first-order chi connectivity index (χ1) is 6.24. The number of aromatic nitrogens is 1. The van der Waals surface area contributed by atoms with E-state index in [0.717, 1.165) is 11.1 Å². The molecule has 0 saturated carbocycles. The molecule has 1 aromatic rings. The molecule has 1 heterocycles. The van der Waals surface area contributed by atoms with Gasteiger partial charge in [-0.2, -0.15) is 0 Å². The molecule has 0 aromatic carbocycles. The van der Waals surface area contributed by atoms with Gasteiger partial charge in [-0.3, -0.25) is 4.98 Å². The minimum atomic E-state index is 0.0127. The summed E-state index contributed by atoms with van der Waals surface area (Å²) in [7, 11) is 0. The molecule has 0 aliphatic rings. The highest BCUT2D eigenvalue weighted by Crippen LogP contribution is 2.14. The third-order valence-electron chi connectivity index (χ3n) is 1.54. The molecule has 2 heteroatoms. The molecule has 0 spiro atoms. The van der Waals surface area contributed by atoms with E-state index in [0.29, 0.717) is 0 Å². The van der Waals surface area contributed by atoms with Gasteiger partial charge in [-0.15, -0.1) is 0 Å². The van der Waals surface area contributed by atoms with Crippen LogP contribution < -0.4 is 0 Å². The lowest BCUT2D eigenvalue weighted by Crippen LogP contribution is -1.82. The van der Waals surface area contributed by atoms with Crippen LogP contribution in [0.15, 0.2) is 55.6 Å². The van der Waals surface area contributed by atoms with Gasteiger partial charge in [-0.05, 0) is 17.7 Å². The third kappa shape index (κ3) is 2.60. The van der Waals surface area contributed by atoms with Gasteiger partial charge in [0.15, 0.2) is 0 Å². The fourth-order valence-corrected chi connectivity index (χ4v) is 0.973. The second-order valence-corrected chi connectivity index (χ2v) is 2.54. The average molecular weight is 173 g/mol. The molecule has 0 unspecified atom stereocenters. The number of allylic oxidation sites excluding steroid dienone is 3. The van der Waals surface area contributed by atoms with E-state index in [1.165, 1.54) is 0 Å². The number of aliphatic hydroxyl groups is 1. The van der Waals surface area contributed by atoms with E-state index < -0.39 is 0 Å². The summed E-state index contributed by atoms with van der Waals surface area (Å²) in [4.78, 5) is 3.96. The average Bonchev–Trinajstić information content (AvgIpc) is 2.15. The number of hydrogen-bond acceptors (Lipinski definition) is 2. The lowest BCUT2D eigenvalue weighted by Gasteiger charge is -2.00. The maximum atomic E-state index is 8.98. The van der Waals surface area contributed by atoms with Gasteiger partial charge in [0.05, 0.1) is 0 Å². The lowest BCUT2D eigenvalue weighted by molar-refractivity contribution is 0.435. The minimum Gasteiger partial charge on any atom is -0.509 e. The van der Waals surface area contributed by atoms with Crippen molar-refractivity contribution in [2.75, 3.05) is 0 Å². The second kappa shape index (κ2) is 4.26. The van der Waals surface area contributed by atoms with E-state index in [2.05, 4.69) is 18.1 Å². The summed E-state index contributed by atoms with van der Waals surface area (Å²) in [5.74, 6) is 0.0127. The van der Waals surface area contributed by atoms with Crippen molar-refractivity contribution in [2.45, 2.75) is 0 Å². The molecule has 0 aliphatic carbocycles. The van der Waals surface area contributed by atoms with Crippen molar-refractivity contribution in [3.63, 3.8) is 0 Å². The van der Waals surface area contributed by atoms with Crippen molar-refractivity contribution < 1.29 is 5.11 Å². The molecule has 0 radical (unpaired) electrons. The number of pyridine rings is 1. The highest BCUT2D eigenvalue weighted by atomic mass is 16.3. The zero-order valence-electron chi connectivity index (χ0n) is 7.27. The maximum absolute atomic E-state index is 8.98. The van der Waals surface area contributed by atoms with Crippen LogP contribution in [0, 0.1) is 0 Å². The van der Waals surface area contributed by atoms with Crippen LogP contribution in [0.3, 0.4) is 0 Å². The number of hydrogen-bond donors (Lipinski definition) is 1. The van der Waals surface area contributed by atoms with Crippen LogP contribution in [0.5, 0.6) is 0 Å². The molecular formula is C11H11NO. The molecule has 13 heavy (non-hydrogen) atoms. The SMILES string of the molecule is C=C/C(=C\C(=C)O)c1cccnc1. The Bertz CT molecular complexity index is 338. The fourth-order valence-electron chi connectivity index (χ4n) is 0.973. The van der Waals surface area contributed by atoms with Gasteiger partial charge < -0.3 is 5.11 Å². The smallest absolute Gasteiger partial charge is 0.109 e. The first kappa shape index (κ1) is 9.26. The molecule has 0 atom stereocenters. The van der Waals surface area contributed by atoms with Crippen LogP contribution in [0.2, 0.25) is 0 Å². The monoisotopic (exact) mass is 173 g/mol. The first-order valence-corrected chi connectivity index (χ1v) is 3.86. The molecule has 0 saturated heterocycles. The van der Waals surface area contributed by atoms with E-state index in [1.807, 2.05) is 12.1 Å². The molecule has 66 valence electrons. The standard InChI is InChI=1S/C11H11NO/c1-3-10(7-9(2)13)11-5-4-6-12-8-11/h3-8,13H,1-2H2/b10-7+. The quantitative estimate of drug-likeness (QED) is 0.563. The Hall–Kier alpha value is -1.83. The van der Waals surface area contributed by atoms with Gasteiger partial charge in [0, 0.05) is 18.0 Å². The summed E-state index contributed by atoms with van der Waals surface area (Å²) in [5.41, 5.74) is 1.72. The van der Waals surface area contributed by atoms with E-state index in [4.69, 9.17) is 5.11 Å². The molecule has 0 amide bonds. The molecule has 1 aromatic heterocycles. The molecular weight excluding hydrogens is 162 g/mol. The Balaban J connectivity index is 3.05. The Kier molecular flexibility index (Phi) is 3.03. The van der Waals surface area contributed by atoms with Crippen LogP contribution in [-0.4, -0.2) is 10.1 Å². The molecule has 0 fully saturated rings. The fraction of sp³-hybridized carbons (Fsp3) is 0. The molecule has 1 N–H and O–H groups in total. The summed E-state index contributed by atoms with van der Waals surface area (Å²) >= 11 is 0. The van der Waals surface area contributed by atoms with Crippen LogP contribution >= 0.6 is 0 Å². The van der Waals surface area contributed by atoms with Crippen LogP contribution in [0.25, 0.3) is 5.57 Å². The second-order valence-electron chi connectivity index (χ2n) is 2.54. The Morgan fingerprint density at radius 1 is 1.54 bits per heavy atom. The maximum Gasteiger partial charge on any atom is 0.109 e. The zero-order chi connectivity index (χ0) is 9.68. The normalized spacial score (nSPS) is 10.9. The van der Waals surface area contributed by atoms with E-state index in [9.17, 15) is 0 Å². The predicted octanol–water partition coefficient (Wildman–Crippen LogP) is 2.72. The minimum absolute atomic E-state index is 0.0127. The number of aliphatic hydroxyl groups excluding tert-OH is 1. The van der Waals surface area contributed by atoms with Gasteiger partial charge in [0.1, 0.15) is 5.76 Å². The van der Waals surface area contributed by atoms with Crippen LogP contribution in [0.1, 0.15) is 5.56 Å². The van der Waals surface area contributed by atoms with Crippen LogP contribution in [-0.2, 0) is 0 Å². The van der Waals surface area contributed by atoms with Gasteiger partial charge >= 0.3 is 0 Å². The van der Waals surface area contributed by atoms with E-state index >= 15 is 0 Å². The lowest BCUT2D eigenvalue weighted by atomic mass is 10.1. The summed E-state index contributed by atoms with van der Waals surface area (Å²) in [6, 6.07) is 3.72. The topological polar surface area (TPSA) is 33.1 Å².